The van der Waals surface area contributed by atoms with Gasteiger partial charge in [0.1, 0.15) is 6.10 Å². The molecule has 0 aliphatic rings. The Bertz CT molecular complexity index is 1200. The van der Waals surface area contributed by atoms with Crippen LogP contribution in [0.5, 0.6) is 0 Å². The maximum atomic E-state index is 13.3. The van der Waals surface area contributed by atoms with Gasteiger partial charge in [-0.05, 0) is 46.7 Å². The van der Waals surface area contributed by atoms with Crippen molar-refractivity contribution in [2.24, 2.45) is 10.8 Å². The molecule has 200 valence electrons. The van der Waals surface area contributed by atoms with Gasteiger partial charge < -0.3 is 14.7 Å². The Hall–Kier alpha value is -2.61. The van der Waals surface area contributed by atoms with E-state index in [-0.39, 0.29) is 27.8 Å². The fourth-order valence-corrected chi connectivity index (χ4v) is 4.70. The van der Waals surface area contributed by atoms with E-state index in [0.29, 0.717) is 10.6 Å². The Labute approximate surface area is 231 Å². The number of ketones is 1. The number of esters is 1. The lowest BCUT2D eigenvalue weighted by Crippen LogP contribution is -2.44. The van der Waals surface area contributed by atoms with Gasteiger partial charge in [-0.1, -0.05) is 82.4 Å². The highest BCUT2D eigenvalue weighted by Crippen LogP contribution is 2.36. The van der Waals surface area contributed by atoms with Crippen molar-refractivity contribution in [2.75, 3.05) is 4.90 Å². The smallest absolute Gasteiger partial charge is 0.375 e. The normalized spacial score (nSPS) is 11.8. The van der Waals surface area contributed by atoms with Crippen LogP contribution < -0.4 is 4.90 Å². The van der Waals surface area contributed by atoms with E-state index < -0.39 is 47.0 Å². The number of halogens is 3. The summed E-state index contributed by atoms with van der Waals surface area (Å²) in [5.41, 5.74) is -0.227. The first-order chi connectivity index (χ1) is 16.9. The quantitative estimate of drug-likeness (QED) is 0.212. The first-order valence-corrected chi connectivity index (χ1v) is 12.6. The first kappa shape index (κ1) is 30.6. The average molecular weight is 571 g/mol. The first-order valence-electron chi connectivity index (χ1n) is 11.4. The fourth-order valence-electron chi connectivity index (χ4n) is 4.12. The summed E-state index contributed by atoms with van der Waals surface area (Å²) in [6, 6.07) is 8.72. The zero-order chi connectivity index (χ0) is 28.3. The predicted octanol–water partition coefficient (Wildman–Crippen LogP) is 6.84. The number of carboxylic acids is 1. The molecule has 0 radical (unpaired) electrons. The Morgan fingerprint density at radius 3 is 1.95 bits per heavy atom. The highest BCUT2D eigenvalue weighted by atomic mass is 35.5. The summed E-state index contributed by atoms with van der Waals surface area (Å²) in [5, 5.41) is 9.76. The second-order valence-corrected chi connectivity index (χ2v) is 12.0. The molecular formula is C27H30Cl3NO6. The molecule has 0 aliphatic heterocycles. The minimum atomic E-state index is -1.23. The summed E-state index contributed by atoms with van der Waals surface area (Å²) in [6.07, 6.45) is -1.35. The molecular weight excluding hydrogens is 541 g/mol. The lowest BCUT2D eigenvalue weighted by atomic mass is 9.74. The van der Waals surface area contributed by atoms with Gasteiger partial charge in [0, 0.05) is 5.69 Å². The third-order valence-electron chi connectivity index (χ3n) is 5.46. The third kappa shape index (κ3) is 8.19. The van der Waals surface area contributed by atoms with Crippen molar-refractivity contribution >= 4 is 64.1 Å². The molecule has 0 saturated heterocycles. The zero-order valence-corrected chi connectivity index (χ0v) is 23.8. The number of hydrogen-bond acceptors (Lipinski definition) is 5. The number of carbonyl (C=O) groups excluding carboxylic acids is 3. The second-order valence-electron chi connectivity index (χ2n) is 10.8. The molecule has 0 aliphatic carbocycles. The number of amides is 1. The Balaban J connectivity index is 2.35. The van der Waals surface area contributed by atoms with Gasteiger partial charge in [-0.15, -0.1) is 0 Å². The highest BCUT2D eigenvalue weighted by molar-refractivity contribution is 6.42. The van der Waals surface area contributed by atoms with E-state index in [2.05, 4.69) is 0 Å². The summed E-state index contributed by atoms with van der Waals surface area (Å²) >= 11 is 18.2. The van der Waals surface area contributed by atoms with Crippen molar-refractivity contribution in [3.05, 3.63) is 62.6 Å². The van der Waals surface area contributed by atoms with Crippen LogP contribution in [0.3, 0.4) is 0 Å². The fraction of sp³-hybridized carbons (Fsp3) is 0.407. The second kappa shape index (κ2) is 11.8. The van der Waals surface area contributed by atoms with Gasteiger partial charge in [-0.3, -0.25) is 9.59 Å². The lowest BCUT2D eigenvalue weighted by Gasteiger charge is -2.39. The highest BCUT2D eigenvalue weighted by Gasteiger charge is 2.39. The molecule has 0 aromatic heterocycles. The van der Waals surface area contributed by atoms with Crippen LogP contribution >= 0.6 is 34.8 Å². The molecule has 0 heterocycles. The number of hydrogen-bond donors (Lipinski definition) is 1. The maximum absolute atomic E-state index is 13.3. The number of aromatic carboxylic acids is 1. The molecule has 10 heteroatoms. The number of ether oxygens (including phenoxy) is 1. The summed E-state index contributed by atoms with van der Waals surface area (Å²) in [4.78, 5) is 51.3. The van der Waals surface area contributed by atoms with Crippen LogP contribution in [0.15, 0.2) is 36.4 Å². The van der Waals surface area contributed by atoms with E-state index in [4.69, 9.17) is 39.5 Å². The molecule has 0 bridgehead atoms. The molecule has 2 aromatic carbocycles. The number of carbonyl (C=O) groups is 4. The molecule has 7 nitrogen and oxygen atoms in total. The van der Waals surface area contributed by atoms with Crippen LogP contribution in [0.1, 0.15) is 63.9 Å². The molecule has 2 rings (SSSR count). The van der Waals surface area contributed by atoms with E-state index in [9.17, 15) is 24.3 Å². The molecule has 1 N–H and O–H groups in total. The van der Waals surface area contributed by atoms with Crippen molar-refractivity contribution in [3.63, 3.8) is 0 Å². The zero-order valence-electron chi connectivity index (χ0n) is 21.5. The van der Waals surface area contributed by atoms with Gasteiger partial charge in [-0.25, -0.2) is 9.59 Å². The van der Waals surface area contributed by atoms with Gasteiger partial charge in [-0.2, -0.15) is 0 Å². The Morgan fingerprint density at radius 1 is 0.865 bits per heavy atom. The number of nitrogens with zero attached hydrogens (tertiary/aromatic N) is 1. The molecule has 0 spiro atoms. The monoisotopic (exact) mass is 569 g/mol. The molecule has 0 saturated carbocycles. The molecule has 37 heavy (non-hydrogen) atoms. The van der Waals surface area contributed by atoms with Crippen LogP contribution in [-0.4, -0.2) is 34.8 Å². The number of carboxylic acid groups (broad SMARTS) is 1. The predicted molar refractivity (Wildman–Crippen MR) is 144 cm³/mol. The standard InChI is InChI=1S/C27H30Cl3NO6/c1-26(2,3)25(27(4,5)6)37-24(36)21(32)13-22(33)31(14-15-7-10-18(28)20(30)11-15)16-8-9-17(23(34)35)19(29)12-16/h7-12,25H,13-14H2,1-6H3,(H,34,35). The van der Waals surface area contributed by atoms with Gasteiger partial charge in [0.15, 0.2) is 0 Å². The van der Waals surface area contributed by atoms with Crippen molar-refractivity contribution < 1.29 is 29.0 Å². The number of benzene rings is 2. The molecule has 2 aromatic rings. The SMILES string of the molecule is CC(C)(C)C(OC(=O)C(=O)CC(=O)N(Cc1ccc(Cl)c(Cl)c1)c1ccc(C(=O)O)c(Cl)c1)C(C)(C)C. The van der Waals surface area contributed by atoms with Crippen molar-refractivity contribution in [1.82, 2.24) is 0 Å². The van der Waals surface area contributed by atoms with Crippen LogP contribution in [-0.2, 0) is 25.7 Å². The van der Waals surface area contributed by atoms with Crippen molar-refractivity contribution in [1.29, 1.82) is 0 Å². The molecule has 0 fully saturated rings. The van der Waals surface area contributed by atoms with Crippen LogP contribution in [0.25, 0.3) is 0 Å². The number of Topliss-reactive ketones (excluding diaryl/α,β-unsaturated/α-hetero) is 1. The Morgan fingerprint density at radius 2 is 1.46 bits per heavy atom. The van der Waals surface area contributed by atoms with Crippen LogP contribution in [0.2, 0.25) is 15.1 Å². The van der Waals surface area contributed by atoms with Crippen LogP contribution in [0.4, 0.5) is 5.69 Å². The van der Waals surface area contributed by atoms with Gasteiger partial charge in [0.25, 0.3) is 0 Å². The maximum Gasteiger partial charge on any atom is 0.375 e. The van der Waals surface area contributed by atoms with E-state index in [0.717, 1.165) is 0 Å². The van der Waals surface area contributed by atoms with Gasteiger partial charge in [0.2, 0.25) is 11.7 Å². The lowest BCUT2D eigenvalue weighted by molar-refractivity contribution is -0.169. The van der Waals surface area contributed by atoms with E-state index in [1.54, 1.807) is 18.2 Å². The molecule has 1 amide bonds. The summed E-state index contributed by atoms with van der Waals surface area (Å²) < 4.78 is 5.56. The topological polar surface area (TPSA) is 101 Å². The third-order valence-corrected chi connectivity index (χ3v) is 6.51. The van der Waals surface area contributed by atoms with Crippen molar-refractivity contribution in [2.45, 2.75) is 60.6 Å². The van der Waals surface area contributed by atoms with E-state index in [1.165, 1.54) is 23.1 Å². The van der Waals surface area contributed by atoms with Gasteiger partial charge >= 0.3 is 11.9 Å². The summed E-state index contributed by atoms with van der Waals surface area (Å²) in [6.45, 7) is 11.3. The van der Waals surface area contributed by atoms with Crippen LogP contribution in [0, 0.1) is 10.8 Å². The van der Waals surface area contributed by atoms with Gasteiger partial charge in [0.05, 0.1) is 33.6 Å². The molecule has 0 unspecified atom stereocenters. The largest absolute Gasteiger partial charge is 0.478 e. The molecule has 0 atom stereocenters. The van der Waals surface area contributed by atoms with Crippen molar-refractivity contribution in [3.8, 4) is 0 Å². The van der Waals surface area contributed by atoms with E-state index >= 15 is 0 Å². The average Bonchev–Trinajstić information content (AvgIpc) is 2.75. The number of anilines is 1. The summed E-state index contributed by atoms with van der Waals surface area (Å²) in [5.74, 6) is -4.05. The Kier molecular flexibility index (Phi) is 9.80. The number of rotatable bonds is 8. The van der Waals surface area contributed by atoms with E-state index in [1.807, 2.05) is 41.5 Å². The minimum Gasteiger partial charge on any atom is -0.478 e. The minimum absolute atomic E-state index is 0.0482. The summed E-state index contributed by atoms with van der Waals surface area (Å²) in [7, 11) is 0.